The lowest BCUT2D eigenvalue weighted by Gasteiger charge is -2.22. The summed E-state index contributed by atoms with van der Waals surface area (Å²) in [7, 11) is 3.42. The molecule has 0 aliphatic carbocycles. The van der Waals surface area contributed by atoms with Crippen LogP contribution in [0.1, 0.15) is 18.9 Å². The third kappa shape index (κ3) is 1.60. The Hall–Kier alpha value is -1.55. The van der Waals surface area contributed by atoms with Crippen LogP contribution in [0.4, 0.5) is 5.69 Å². The van der Waals surface area contributed by atoms with Crippen molar-refractivity contribution in [1.29, 1.82) is 0 Å². The Kier molecular flexibility index (Phi) is 2.83. The highest BCUT2D eigenvalue weighted by Gasteiger charge is 2.45. The van der Waals surface area contributed by atoms with E-state index in [1.165, 1.54) is 0 Å². The summed E-state index contributed by atoms with van der Waals surface area (Å²) >= 11 is 0. The Morgan fingerprint density at radius 3 is 2.76 bits per heavy atom. The molecule has 1 unspecified atom stereocenters. The zero-order valence-corrected chi connectivity index (χ0v) is 10.5. The molecule has 92 valence electrons. The van der Waals surface area contributed by atoms with Gasteiger partial charge in [0.1, 0.15) is 5.75 Å². The van der Waals surface area contributed by atoms with Crippen LogP contribution in [0, 0.1) is 0 Å². The van der Waals surface area contributed by atoms with Crippen LogP contribution in [0.15, 0.2) is 18.2 Å². The van der Waals surface area contributed by atoms with Gasteiger partial charge in [0.05, 0.1) is 18.2 Å². The molecule has 1 aliphatic rings. The molecule has 1 aliphatic heterocycles. The van der Waals surface area contributed by atoms with E-state index in [0.29, 0.717) is 13.0 Å². The van der Waals surface area contributed by atoms with E-state index in [4.69, 9.17) is 10.5 Å². The lowest BCUT2D eigenvalue weighted by Crippen LogP contribution is -2.37. The van der Waals surface area contributed by atoms with Crippen LogP contribution in [0.3, 0.4) is 0 Å². The van der Waals surface area contributed by atoms with E-state index < -0.39 is 5.41 Å². The third-order valence-electron chi connectivity index (χ3n) is 3.58. The average molecular weight is 234 g/mol. The maximum Gasteiger partial charge on any atom is 0.237 e. The van der Waals surface area contributed by atoms with Crippen molar-refractivity contribution in [2.24, 2.45) is 5.73 Å². The molecule has 0 radical (unpaired) electrons. The smallest absolute Gasteiger partial charge is 0.237 e. The van der Waals surface area contributed by atoms with Gasteiger partial charge in [0, 0.05) is 13.1 Å². The molecule has 1 heterocycles. The summed E-state index contributed by atoms with van der Waals surface area (Å²) in [5.41, 5.74) is 7.08. The van der Waals surface area contributed by atoms with E-state index >= 15 is 0 Å². The zero-order valence-electron chi connectivity index (χ0n) is 10.5. The van der Waals surface area contributed by atoms with E-state index in [2.05, 4.69) is 0 Å². The first-order chi connectivity index (χ1) is 8.04. The van der Waals surface area contributed by atoms with Crippen LogP contribution >= 0.6 is 0 Å². The average Bonchev–Trinajstić information content (AvgIpc) is 2.52. The molecule has 0 bridgehead atoms. The largest absolute Gasteiger partial charge is 0.497 e. The third-order valence-corrected chi connectivity index (χ3v) is 3.58. The highest BCUT2D eigenvalue weighted by Crippen LogP contribution is 2.44. The van der Waals surface area contributed by atoms with Gasteiger partial charge in [-0.05, 0) is 31.5 Å². The number of carbonyl (C=O) groups excluding carboxylic acids is 1. The molecule has 4 nitrogen and oxygen atoms in total. The number of hydrogen-bond donors (Lipinski definition) is 1. The first-order valence-corrected chi connectivity index (χ1v) is 5.71. The van der Waals surface area contributed by atoms with Crippen LogP contribution in [0.5, 0.6) is 5.75 Å². The molecule has 0 spiro atoms. The van der Waals surface area contributed by atoms with Gasteiger partial charge in [-0.3, -0.25) is 4.79 Å². The predicted molar refractivity (Wildman–Crippen MR) is 67.4 cm³/mol. The van der Waals surface area contributed by atoms with E-state index in [1.54, 1.807) is 19.1 Å². The van der Waals surface area contributed by atoms with Gasteiger partial charge in [-0.15, -0.1) is 0 Å². The number of hydrogen-bond acceptors (Lipinski definition) is 3. The molecule has 0 saturated carbocycles. The Morgan fingerprint density at radius 1 is 1.47 bits per heavy atom. The number of methoxy groups -OCH3 is 1. The molecule has 1 atom stereocenters. The molecule has 1 aromatic carbocycles. The second kappa shape index (κ2) is 4.04. The van der Waals surface area contributed by atoms with Crippen molar-refractivity contribution in [2.45, 2.75) is 18.8 Å². The van der Waals surface area contributed by atoms with Crippen molar-refractivity contribution < 1.29 is 9.53 Å². The molecule has 0 fully saturated rings. The number of nitrogens with two attached hydrogens (primary N) is 1. The second-order valence-corrected chi connectivity index (χ2v) is 4.62. The van der Waals surface area contributed by atoms with Crippen molar-refractivity contribution in [2.75, 3.05) is 25.6 Å². The van der Waals surface area contributed by atoms with Crippen molar-refractivity contribution in [3.63, 3.8) is 0 Å². The van der Waals surface area contributed by atoms with Gasteiger partial charge in [0.25, 0.3) is 0 Å². The fourth-order valence-electron chi connectivity index (χ4n) is 2.51. The molecular weight excluding hydrogens is 216 g/mol. The molecule has 2 N–H and O–H groups in total. The first-order valence-electron chi connectivity index (χ1n) is 5.71. The SMILES string of the molecule is COc1ccc2c(c1)N(C)C(=O)C2(C)CCN. The minimum Gasteiger partial charge on any atom is -0.497 e. The number of likely N-dealkylation sites (N-methyl/N-ethyl adjacent to an activating group) is 1. The van der Waals surface area contributed by atoms with Crippen LogP contribution in [-0.4, -0.2) is 26.6 Å². The maximum absolute atomic E-state index is 12.3. The summed E-state index contributed by atoms with van der Waals surface area (Å²) in [6, 6.07) is 5.75. The molecule has 0 saturated heterocycles. The van der Waals surface area contributed by atoms with Gasteiger partial charge >= 0.3 is 0 Å². The lowest BCUT2D eigenvalue weighted by atomic mass is 9.81. The molecule has 0 aromatic heterocycles. The second-order valence-electron chi connectivity index (χ2n) is 4.62. The van der Waals surface area contributed by atoms with Crippen LogP contribution in [-0.2, 0) is 10.2 Å². The maximum atomic E-state index is 12.3. The quantitative estimate of drug-likeness (QED) is 0.857. The summed E-state index contributed by atoms with van der Waals surface area (Å²) in [6.07, 6.45) is 0.662. The zero-order chi connectivity index (χ0) is 12.6. The highest BCUT2D eigenvalue weighted by molar-refractivity contribution is 6.07. The fourth-order valence-corrected chi connectivity index (χ4v) is 2.51. The van der Waals surface area contributed by atoms with E-state index in [1.807, 2.05) is 25.1 Å². The van der Waals surface area contributed by atoms with E-state index in [-0.39, 0.29) is 5.91 Å². The van der Waals surface area contributed by atoms with E-state index in [0.717, 1.165) is 17.0 Å². The summed E-state index contributed by atoms with van der Waals surface area (Å²) in [5, 5.41) is 0. The molecule has 17 heavy (non-hydrogen) atoms. The summed E-state index contributed by atoms with van der Waals surface area (Å²) in [4.78, 5) is 14.0. The number of benzene rings is 1. The van der Waals surface area contributed by atoms with Gasteiger partial charge < -0.3 is 15.4 Å². The molecular formula is C13H18N2O2. The summed E-state index contributed by atoms with van der Waals surface area (Å²) in [6.45, 7) is 2.46. The summed E-state index contributed by atoms with van der Waals surface area (Å²) in [5.74, 6) is 0.867. The van der Waals surface area contributed by atoms with Crippen LogP contribution < -0.4 is 15.4 Å². The normalized spacial score (nSPS) is 22.8. The van der Waals surface area contributed by atoms with Crippen molar-refractivity contribution in [3.05, 3.63) is 23.8 Å². The van der Waals surface area contributed by atoms with Gasteiger partial charge in [0.2, 0.25) is 5.91 Å². The van der Waals surface area contributed by atoms with Crippen molar-refractivity contribution in [3.8, 4) is 5.75 Å². The number of nitrogens with zero attached hydrogens (tertiary/aromatic N) is 1. The first kappa shape index (κ1) is 11.9. The van der Waals surface area contributed by atoms with Crippen LogP contribution in [0.25, 0.3) is 0 Å². The van der Waals surface area contributed by atoms with Crippen molar-refractivity contribution >= 4 is 11.6 Å². The Morgan fingerprint density at radius 2 is 2.18 bits per heavy atom. The minimum atomic E-state index is -0.495. The Bertz CT molecular complexity index is 459. The number of amides is 1. The molecule has 1 amide bonds. The number of ether oxygens (including phenoxy) is 1. The number of rotatable bonds is 3. The number of carbonyl (C=O) groups is 1. The van der Waals surface area contributed by atoms with E-state index in [9.17, 15) is 4.79 Å². The standard InChI is InChI=1S/C13H18N2O2/c1-13(6-7-14)10-5-4-9(17-3)8-11(10)15(2)12(13)16/h4-5,8H,6-7,14H2,1-3H3. The predicted octanol–water partition coefficient (Wildman–Crippen LogP) is 1.28. The number of anilines is 1. The molecule has 4 heteroatoms. The van der Waals surface area contributed by atoms with Gasteiger partial charge in [-0.2, -0.15) is 0 Å². The topological polar surface area (TPSA) is 55.6 Å². The summed E-state index contributed by atoms with van der Waals surface area (Å²) < 4.78 is 5.19. The van der Waals surface area contributed by atoms with Gasteiger partial charge in [-0.25, -0.2) is 0 Å². The monoisotopic (exact) mass is 234 g/mol. The van der Waals surface area contributed by atoms with Gasteiger partial charge in [-0.1, -0.05) is 6.07 Å². The minimum absolute atomic E-state index is 0.103. The highest BCUT2D eigenvalue weighted by atomic mass is 16.5. The fraction of sp³-hybridized carbons (Fsp3) is 0.462. The molecule has 2 rings (SSSR count). The Labute approximate surface area is 101 Å². The lowest BCUT2D eigenvalue weighted by molar-refractivity contribution is -0.122. The Balaban J connectivity index is 2.54. The molecule has 1 aromatic rings. The number of fused-ring (bicyclic) bond motifs is 1. The van der Waals surface area contributed by atoms with Crippen molar-refractivity contribution in [1.82, 2.24) is 0 Å². The van der Waals surface area contributed by atoms with Gasteiger partial charge in [0.15, 0.2) is 0 Å². The van der Waals surface area contributed by atoms with Crippen LogP contribution in [0.2, 0.25) is 0 Å².